The first-order valence-electron chi connectivity index (χ1n) is 43.8. The molecule has 6 aromatic heterocycles. The van der Waals surface area contributed by atoms with Crippen LogP contribution in [0.2, 0.25) is 0 Å². The van der Waals surface area contributed by atoms with Gasteiger partial charge in [0.15, 0.2) is 17.3 Å². The van der Waals surface area contributed by atoms with Gasteiger partial charge < -0.3 is 52.1 Å². The van der Waals surface area contributed by atoms with Crippen LogP contribution in [0.3, 0.4) is 0 Å². The number of ketones is 3. The number of aryl methyl sites for hydroxylation is 3. The SMILES string of the molecule is CC(=O)[C@@H](OC(C)(C)C)c1c(C)cc2nc(OCc3ccc(OC(F)(F)F)cc3)ccc2c1-c1ccc2c3c(ccnc13)CCO2.CC(=O)[C@@H](OC(C)(C)C)c1c(C)cc2nc(OCc3cccc(OC(F)(F)F)c3)ccc2c1-c1ccc2c3c(ccnc13)CCO2.CC(=O)[C@@H](OC(C)(C)C)c1c(C)cc2nc(OCc3ccccc3)ccc2c1-c1ccc2c3c(ccnc13)CCO2. The molecule has 0 unspecified atom stereocenters. The fourth-order valence-electron chi connectivity index (χ4n) is 17.4. The van der Waals surface area contributed by atoms with Crippen LogP contribution in [0.25, 0.3) is 98.8 Å². The summed E-state index contributed by atoms with van der Waals surface area (Å²) >= 11 is 0. The number of benzene rings is 9. The van der Waals surface area contributed by atoms with Gasteiger partial charge in [-0.15, -0.1) is 26.3 Å². The molecule has 26 heteroatoms. The van der Waals surface area contributed by atoms with Crippen molar-refractivity contribution in [2.24, 2.45) is 0 Å². The van der Waals surface area contributed by atoms with E-state index in [1.165, 1.54) is 61.9 Å². The zero-order valence-electron chi connectivity index (χ0n) is 76.4. The van der Waals surface area contributed by atoms with E-state index in [1.54, 1.807) is 37.5 Å². The molecule has 18 rings (SSSR count). The molecule has 9 heterocycles. The largest absolute Gasteiger partial charge is 0.573 e. The molecule has 3 aliphatic heterocycles. The molecule has 0 aliphatic carbocycles. The molecule has 3 aliphatic rings. The molecule has 0 saturated heterocycles. The van der Waals surface area contributed by atoms with E-state index in [2.05, 4.69) is 15.5 Å². The first-order chi connectivity index (χ1) is 63.2. The Morgan fingerprint density at radius 1 is 0.361 bits per heavy atom. The Hall–Kier alpha value is -13.7. The third-order valence-electron chi connectivity index (χ3n) is 22.8. The molecule has 20 nitrogen and oxygen atoms in total. The van der Waals surface area contributed by atoms with Gasteiger partial charge in [0.2, 0.25) is 17.6 Å². The number of carbonyl (C=O) groups excluding carboxylic acids is 3. The molecule has 684 valence electrons. The molecule has 3 atom stereocenters. The van der Waals surface area contributed by atoms with Crippen LogP contribution in [0.15, 0.2) is 207 Å². The average Bonchev–Trinajstić information content (AvgIpc) is 0.739. The Kier molecular flexibility index (Phi) is 26.1. The highest BCUT2D eigenvalue weighted by atomic mass is 19.4. The molecular formula is C107H100F6N6O14. The second-order valence-corrected chi connectivity index (χ2v) is 36.2. The van der Waals surface area contributed by atoms with Gasteiger partial charge in [-0.25, -0.2) is 15.0 Å². The number of nitrogens with zero attached hydrogens (tertiary/aromatic N) is 6. The van der Waals surface area contributed by atoms with Crippen molar-refractivity contribution in [1.82, 2.24) is 29.9 Å². The van der Waals surface area contributed by atoms with Crippen LogP contribution in [0.4, 0.5) is 26.3 Å². The Labute approximate surface area is 765 Å². The number of Topliss-reactive ketones (excluding diaryl/α,β-unsaturated/α-hetero) is 3. The summed E-state index contributed by atoms with van der Waals surface area (Å²) in [6.07, 6.45) is -4.22. The van der Waals surface area contributed by atoms with Gasteiger partial charge in [-0.05, 0) is 303 Å². The smallest absolute Gasteiger partial charge is 0.493 e. The molecule has 0 spiro atoms. The van der Waals surface area contributed by atoms with Crippen LogP contribution in [-0.2, 0) is 67.7 Å². The van der Waals surface area contributed by atoms with Crippen molar-refractivity contribution in [2.75, 3.05) is 19.8 Å². The minimum absolute atomic E-state index is 0.0257. The van der Waals surface area contributed by atoms with E-state index in [-0.39, 0.29) is 47.9 Å². The summed E-state index contributed by atoms with van der Waals surface area (Å²) in [4.78, 5) is 68.6. The van der Waals surface area contributed by atoms with Crippen molar-refractivity contribution in [1.29, 1.82) is 0 Å². The standard InChI is InChI=1S/2C36H33F3N2O5.C35H34N2O4/c1-20-18-27-25(11-13-29(41-27)44-19-22-6-8-24(9-7-22)45-36(37,38)39)32(30(20)34(21(2)42)46-35(3,4)5)26-10-12-28-31-23(15-17-43-28)14-16-40-33(26)31;1-20-17-27-25(10-12-29(41-27)44-19-22-7-6-8-24(18-22)45-36(37,38)39)32(30(20)34(21(2)42)46-35(3,4)5)26-9-11-28-31-23(14-16-43-28)13-15-40-33(26)31;1-21-19-27-25(12-14-29(37-27)40-20-23-9-7-6-8-10-23)32(30(21)34(22(2)38)41-35(3,4)5)26-11-13-28-31-24(16-18-39-28)15-17-36-33(26)31/h6-14,16,18,34H,15,17,19H2,1-5H3;6-13,15,17-18,34H,14,16,19H2,1-5H3;6-15,17,19,34H,16,18,20H2,1-5H3/t3*34-/m111/s1. The topological polar surface area (TPSA) is 230 Å². The third-order valence-corrected chi connectivity index (χ3v) is 22.8. The summed E-state index contributed by atoms with van der Waals surface area (Å²) in [7, 11) is 0. The lowest BCUT2D eigenvalue weighted by Crippen LogP contribution is -2.27. The third kappa shape index (κ3) is 21.0. The average molecular weight is 1810 g/mol. The summed E-state index contributed by atoms with van der Waals surface area (Å²) in [6.45, 7) is 30.2. The van der Waals surface area contributed by atoms with Gasteiger partial charge in [-0.3, -0.25) is 29.3 Å². The highest BCUT2D eigenvalue weighted by Crippen LogP contribution is 2.51. The van der Waals surface area contributed by atoms with Crippen molar-refractivity contribution in [3.63, 3.8) is 0 Å². The zero-order chi connectivity index (χ0) is 94.3. The summed E-state index contributed by atoms with van der Waals surface area (Å²) in [5.74, 6) is 2.56. The number of aromatic nitrogens is 6. The van der Waals surface area contributed by atoms with Gasteiger partial charge in [-0.1, -0.05) is 54.6 Å². The van der Waals surface area contributed by atoms with Crippen molar-refractivity contribution in [2.45, 2.75) is 191 Å². The molecule has 0 radical (unpaired) electrons. The number of ether oxygens (including phenoxy) is 11. The van der Waals surface area contributed by atoms with Crippen molar-refractivity contribution in [3.8, 4) is 79.8 Å². The number of fused-ring (bicyclic) bond motifs is 3. The second-order valence-electron chi connectivity index (χ2n) is 36.2. The number of halogens is 6. The van der Waals surface area contributed by atoms with Crippen molar-refractivity contribution >= 4 is 82.8 Å². The lowest BCUT2D eigenvalue weighted by Gasteiger charge is -2.30. The summed E-state index contributed by atoms with van der Waals surface area (Å²) < 4.78 is 139. The summed E-state index contributed by atoms with van der Waals surface area (Å²) in [6, 6.07) is 56.0. The Balaban J connectivity index is 0.000000146. The first kappa shape index (κ1) is 92.6. The Bertz CT molecular complexity index is 6980. The predicted octanol–water partition coefficient (Wildman–Crippen LogP) is 24.9. The first-order valence-corrected chi connectivity index (χ1v) is 43.8. The quantitative estimate of drug-likeness (QED) is 0.0542. The fourth-order valence-corrected chi connectivity index (χ4v) is 17.4. The molecule has 0 fully saturated rings. The van der Waals surface area contributed by atoms with Gasteiger partial charge in [-0.2, -0.15) is 0 Å². The van der Waals surface area contributed by atoms with Gasteiger partial charge in [0.1, 0.15) is 66.9 Å². The van der Waals surface area contributed by atoms with Crippen molar-refractivity contribution < 1.29 is 92.8 Å². The van der Waals surface area contributed by atoms with E-state index in [0.717, 1.165) is 174 Å². The lowest BCUT2D eigenvalue weighted by molar-refractivity contribution is -0.275. The minimum atomic E-state index is -4.79. The fraction of sp³-hybridized carbons (Fsp3) is 0.299. The summed E-state index contributed by atoms with van der Waals surface area (Å²) in [5.41, 5.74) is 18.2. The van der Waals surface area contributed by atoms with Crippen LogP contribution in [0.5, 0.6) is 46.4 Å². The van der Waals surface area contributed by atoms with E-state index >= 15 is 0 Å². The Morgan fingerprint density at radius 3 is 1.02 bits per heavy atom. The van der Waals surface area contributed by atoms with Crippen LogP contribution < -0.4 is 37.9 Å². The zero-order valence-corrected chi connectivity index (χ0v) is 76.4. The second kappa shape index (κ2) is 37.5. The molecule has 133 heavy (non-hydrogen) atoms. The lowest BCUT2D eigenvalue weighted by atomic mass is 9.86. The van der Waals surface area contributed by atoms with Gasteiger partial charge >= 0.3 is 12.7 Å². The van der Waals surface area contributed by atoms with Crippen LogP contribution >= 0.6 is 0 Å². The maximum absolute atomic E-state index is 13.2. The van der Waals surface area contributed by atoms with Crippen molar-refractivity contribution in [3.05, 3.63) is 273 Å². The number of hydrogen-bond donors (Lipinski definition) is 0. The summed E-state index contributed by atoms with van der Waals surface area (Å²) in [5, 5.41) is 5.35. The molecule has 9 aromatic carbocycles. The molecular weight excluding hydrogens is 1710 g/mol. The van der Waals surface area contributed by atoms with Crippen LogP contribution in [0, 0.1) is 20.8 Å². The maximum Gasteiger partial charge on any atom is 0.573 e. The minimum Gasteiger partial charge on any atom is -0.493 e. The number of hydrogen-bond acceptors (Lipinski definition) is 20. The molecule has 0 amide bonds. The van der Waals surface area contributed by atoms with Gasteiger partial charge in [0.05, 0.1) is 69.7 Å². The van der Waals surface area contributed by atoms with E-state index in [0.29, 0.717) is 60.3 Å². The normalized spacial score (nSPS) is 13.8. The van der Waals surface area contributed by atoms with E-state index in [9.17, 15) is 40.7 Å². The highest BCUT2D eigenvalue weighted by molar-refractivity contribution is 6.12. The number of pyridine rings is 6. The number of rotatable bonds is 23. The van der Waals surface area contributed by atoms with Crippen LogP contribution in [-0.4, -0.2) is 96.6 Å². The Morgan fingerprint density at radius 2 is 0.684 bits per heavy atom. The maximum atomic E-state index is 13.2. The monoisotopic (exact) mass is 1810 g/mol. The van der Waals surface area contributed by atoms with Crippen LogP contribution in [0.1, 0.15) is 168 Å². The predicted molar refractivity (Wildman–Crippen MR) is 498 cm³/mol. The van der Waals surface area contributed by atoms with E-state index < -0.39 is 47.8 Å². The molecule has 0 bridgehead atoms. The number of alkyl halides is 6. The van der Waals surface area contributed by atoms with E-state index in [4.69, 9.17) is 72.5 Å². The highest BCUT2D eigenvalue weighted by Gasteiger charge is 2.38. The van der Waals surface area contributed by atoms with Gasteiger partial charge in [0.25, 0.3) is 0 Å². The number of carbonyl (C=O) groups is 3. The molecule has 0 N–H and O–H groups in total. The van der Waals surface area contributed by atoms with Gasteiger partial charge in [0, 0.05) is 105 Å². The molecule has 15 aromatic rings. The van der Waals surface area contributed by atoms with E-state index in [1.807, 2.05) is 211 Å². The molecule has 0 saturated carbocycles.